The Morgan fingerprint density at radius 1 is 1.38 bits per heavy atom. The monoisotopic (exact) mass is 257 g/mol. The maximum atomic E-state index is 5.46. The van der Waals surface area contributed by atoms with Crippen LogP contribution in [-0.4, -0.2) is 16.3 Å². The number of hydrogen-bond donors (Lipinski definition) is 0. The zero-order valence-electron chi connectivity index (χ0n) is 6.87. The van der Waals surface area contributed by atoms with Gasteiger partial charge in [-0.05, 0) is 23.7 Å². The average Bonchev–Trinajstić information content (AvgIpc) is 2.58. The molecule has 1 aromatic carbocycles. The van der Waals surface area contributed by atoms with Crippen LogP contribution in [0.15, 0.2) is 24.3 Å². The van der Waals surface area contributed by atoms with Gasteiger partial charge < -0.3 is 4.74 Å². The number of halogens is 1. The molecule has 0 fully saturated rings. The fourth-order valence-corrected chi connectivity index (χ4v) is 1.99. The van der Waals surface area contributed by atoms with E-state index in [1.165, 1.54) is 16.2 Å². The van der Waals surface area contributed by atoms with Crippen LogP contribution in [0.5, 0.6) is 5.88 Å². The normalized spacial score (nSPS) is 10.5. The first-order valence-corrected chi connectivity index (χ1v) is 5.84. The molecule has 2 nitrogen and oxygen atoms in total. The van der Waals surface area contributed by atoms with E-state index in [1.54, 1.807) is 0 Å². The molecule has 0 radical (unpaired) electrons. The fraction of sp³-hybridized carbons (Fsp3) is 0.222. The lowest BCUT2D eigenvalue weighted by Gasteiger charge is -1.98. The highest BCUT2D eigenvalue weighted by Gasteiger charge is 2.04. The smallest absolute Gasteiger partial charge is 0.233 e. The summed E-state index contributed by atoms with van der Waals surface area (Å²) in [5.74, 6) is 0.750. The second kappa shape index (κ2) is 4.07. The summed E-state index contributed by atoms with van der Waals surface area (Å²) in [6, 6.07) is 8.09. The number of ether oxygens (including phenoxy) is 1. The molecule has 1 heterocycles. The average molecular weight is 258 g/mol. The molecule has 0 aliphatic carbocycles. The minimum absolute atomic E-state index is 0.660. The standard InChI is InChI=1S/C9H8BrNOS/c10-5-6-12-9-7-3-1-2-4-8(7)13-11-9/h1-4H,5-6H2. The molecule has 0 bridgehead atoms. The van der Waals surface area contributed by atoms with E-state index in [9.17, 15) is 0 Å². The molecule has 0 amide bonds. The number of aromatic nitrogens is 1. The Bertz CT molecular complexity index is 401. The van der Waals surface area contributed by atoms with Gasteiger partial charge in [-0.3, -0.25) is 0 Å². The SMILES string of the molecule is BrCCOc1nsc2ccccc12. The van der Waals surface area contributed by atoms with Crippen LogP contribution in [0.4, 0.5) is 0 Å². The second-order valence-electron chi connectivity index (χ2n) is 2.52. The molecular formula is C9H8BrNOS. The summed E-state index contributed by atoms with van der Waals surface area (Å²) in [5.41, 5.74) is 0. The van der Waals surface area contributed by atoms with Gasteiger partial charge in [0.15, 0.2) is 0 Å². The molecule has 2 aromatic rings. The van der Waals surface area contributed by atoms with E-state index in [0.717, 1.165) is 16.6 Å². The van der Waals surface area contributed by atoms with Crippen molar-refractivity contribution in [1.82, 2.24) is 4.37 Å². The fourth-order valence-electron chi connectivity index (χ4n) is 1.10. The molecule has 0 unspecified atom stereocenters. The zero-order chi connectivity index (χ0) is 9.10. The lowest BCUT2D eigenvalue weighted by Crippen LogP contribution is -1.97. The summed E-state index contributed by atoms with van der Waals surface area (Å²) in [4.78, 5) is 0. The van der Waals surface area contributed by atoms with E-state index >= 15 is 0 Å². The lowest BCUT2D eigenvalue weighted by molar-refractivity contribution is 0.339. The quantitative estimate of drug-likeness (QED) is 0.789. The molecule has 0 saturated heterocycles. The van der Waals surface area contributed by atoms with Crippen molar-refractivity contribution in [3.63, 3.8) is 0 Å². The molecular weight excluding hydrogens is 250 g/mol. The van der Waals surface area contributed by atoms with Crippen LogP contribution in [0.3, 0.4) is 0 Å². The largest absolute Gasteiger partial charge is 0.476 e. The van der Waals surface area contributed by atoms with E-state index < -0.39 is 0 Å². The predicted molar refractivity (Wildman–Crippen MR) is 58.9 cm³/mol. The minimum atomic E-state index is 0.660. The molecule has 0 N–H and O–H groups in total. The number of fused-ring (bicyclic) bond motifs is 1. The van der Waals surface area contributed by atoms with Crippen LogP contribution >= 0.6 is 27.5 Å². The molecule has 0 aliphatic heterocycles. The van der Waals surface area contributed by atoms with Gasteiger partial charge in [0.05, 0.1) is 16.7 Å². The first-order valence-electron chi connectivity index (χ1n) is 3.95. The minimum Gasteiger partial charge on any atom is -0.476 e. The van der Waals surface area contributed by atoms with Crippen LogP contribution in [0.25, 0.3) is 10.1 Å². The Balaban J connectivity index is 2.35. The van der Waals surface area contributed by atoms with Gasteiger partial charge in [-0.2, -0.15) is 4.37 Å². The van der Waals surface area contributed by atoms with Crippen molar-refractivity contribution in [2.24, 2.45) is 0 Å². The number of alkyl halides is 1. The van der Waals surface area contributed by atoms with Gasteiger partial charge in [-0.1, -0.05) is 28.1 Å². The summed E-state index contributed by atoms with van der Waals surface area (Å²) in [7, 11) is 0. The number of nitrogens with zero attached hydrogens (tertiary/aromatic N) is 1. The van der Waals surface area contributed by atoms with E-state index in [4.69, 9.17) is 4.74 Å². The van der Waals surface area contributed by atoms with Crippen molar-refractivity contribution >= 4 is 37.5 Å². The van der Waals surface area contributed by atoms with Crippen molar-refractivity contribution in [3.05, 3.63) is 24.3 Å². The van der Waals surface area contributed by atoms with Gasteiger partial charge in [-0.25, -0.2) is 0 Å². The summed E-state index contributed by atoms with van der Waals surface area (Å²) < 4.78 is 10.9. The lowest BCUT2D eigenvalue weighted by atomic mass is 10.3. The van der Waals surface area contributed by atoms with Gasteiger partial charge in [0.2, 0.25) is 5.88 Å². The third-order valence-corrected chi connectivity index (χ3v) is 2.79. The zero-order valence-corrected chi connectivity index (χ0v) is 9.27. The summed E-state index contributed by atoms with van der Waals surface area (Å²) in [6.07, 6.45) is 0. The van der Waals surface area contributed by atoms with Crippen LogP contribution in [0, 0.1) is 0 Å². The maximum absolute atomic E-state index is 5.46. The molecule has 13 heavy (non-hydrogen) atoms. The number of benzene rings is 1. The van der Waals surface area contributed by atoms with E-state index in [1.807, 2.05) is 24.3 Å². The predicted octanol–water partition coefficient (Wildman–Crippen LogP) is 3.07. The molecule has 2 rings (SSSR count). The van der Waals surface area contributed by atoms with Crippen molar-refractivity contribution in [3.8, 4) is 5.88 Å². The van der Waals surface area contributed by atoms with Crippen LogP contribution in [0.1, 0.15) is 0 Å². The van der Waals surface area contributed by atoms with E-state index in [0.29, 0.717) is 6.61 Å². The van der Waals surface area contributed by atoms with Crippen LogP contribution in [-0.2, 0) is 0 Å². The van der Waals surface area contributed by atoms with Crippen molar-refractivity contribution < 1.29 is 4.74 Å². The molecule has 4 heteroatoms. The van der Waals surface area contributed by atoms with Crippen molar-refractivity contribution in [2.75, 3.05) is 11.9 Å². The van der Waals surface area contributed by atoms with Gasteiger partial charge >= 0.3 is 0 Å². The Morgan fingerprint density at radius 3 is 3.08 bits per heavy atom. The molecule has 0 aliphatic rings. The van der Waals surface area contributed by atoms with Crippen LogP contribution < -0.4 is 4.74 Å². The van der Waals surface area contributed by atoms with Crippen molar-refractivity contribution in [1.29, 1.82) is 0 Å². The molecule has 0 saturated carbocycles. The molecule has 1 aromatic heterocycles. The van der Waals surface area contributed by atoms with E-state index in [2.05, 4.69) is 20.3 Å². The number of hydrogen-bond acceptors (Lipinski definition) is 3. The van der Waals surface area contributed by atoms with Gasteiger partial charge in [0.1, 0.15) is 0 Å². The highest BCUT2D eigenvalue weighted by molar-refractivity contribution is 9.09. The van der Waals surface area contributed by atoms with Gasteiger partial charge in [0, 0.05) is 5.33 Å². The van der Waals surface area contributed by atoms with Gasteiger partial charge in [0.25, 0.3) is 0 Å². The molecule has 68 valence electrons. The van der Waals surface area contributed by atoms with Gasteiger partial charge in [-0.15, -0.1) is 0 Å². The Labute approximate surface area is 88.8 Å². The molecule has 0 spiro atoms. The summed E-state index contributed by atoms with van der Waals surface area (Å²) in [5, 5.41) is 1.94. The molecule has 0 atom stereocenters. The highest BCUT2D eigenvalue weighted by Crippen LogP contribution is 2.27. The number of rotatable bonds is 3. The summed E-state index contributed by atoms with van der Waals surface area (Å²) >= 11 is 4.78. The van der Waals surface area contributed by atoms with Crippen molar-refractivity contribution in [2.45, 2.75) is 0 Å². The second-order valence-corrected chi connectivity index (χ2v) is 4.12. The maximum Gasteiger partial charge on any atom is 0.233 e. The topological polar surface area (TPSA) is 22.1 Å². The Hall–Kier alpha value is -0.610. The third kappa shape index (κ3) is 1.84. The Morgan fingerprint density at radius 2 is 2.23 bits per heavy atom. The highest BCUT2D eigenvalue weighted by atomic mass is 79.9. The first-order chi connectivity index (χ1) is 6.42. The van der Waals surface area contributed by atoms with E-state index in [-0.39, 0.29) is 0 Å². The Kier molecular flexibility index (Phi) is 2.80. The third-order valence-electron chi connectivity index (χ3n) is 1.66. The first kappa shape index (κ1) is 8.97. The van der Waals surface area contributed by atoms with Crippen LogP contribution in [0.2, 0.25) is 0 Å². The summed E-state index contributed by atoms with van der Waals surface area (Å²) in [6.45, 7) is 0.660.